The molecule has 1 unspecified atom stereocenters. The molecule has 0 bridgehead atoms. The van der Waals surface area contributed by atoms with E-state index in [0.717, 1.165) is 5.56 Å². The molecule has 7 nitrogen and oxygen atoms in total. The third-order valence-corrected chi connectivity index (χ3v) is 3.81. The second kappa shape index (κ2) is 7.21. The molecule has 1 atom stereocenters. The molecule has 1 aromatic heterocycles. The summed E-state index contributed by atoms with van der Waals surface area (Å²) in [5.74, 6) is -0.801. The molecule has 0 spiro atoms. The highest BCUT2D eigenvalue weighted by molar-refractivity contribution is 6.03. The SMILES string of the molecule is CC(Cc1ccc(NC(=O)c2ccc3c(n2)OCCO3)cc1)C(=O)O. The Morgan fingerprint density at radius 2 is 1.88 bits per heavy atom. The van der Waals surface area contributed by atoms with Crippen molar-refractivity contribution in [2.24, 2.45) is 5.92 Å². The Morgan fingerprint density at radius 1 is 1.16 bits per heavy atom. The van der Waals surface area contributed by atoms with Gasteiger partial charge in [-0.2, -0.15) is 0 Å². The monoisotopic (exact) mass is 342 g/mol. The molecular weight excluding hydrogens is 324 g/mol. The highest BCUT2D eigenvalue weighted by atomic mass is 16.6. The van der Waals surface area contributed by atoms with Crippen molar-refractivity contribution in [1.82, 2.24) is 4.98 Å². The van der Waals surface area contributed by atoms with E-state index in [4.69, 9.17) is 14.6 Å². The first-order valence-corrected chi connectivity index (χ1v) is 7.92. The number of anilines is 1. The summed E-state index contributed by atoms with van der Waals surface area (Å²) in [4.78, 5) is 27.4. The molecular formula is C18H18N2O5. The molecule has 0 saturated heterocycles. The first-order chi connectivity index (χ1) is 12.0. The molecule has 1 aliphatic heterocycles. The minimum absolute atomic E-state index is 0.229. The molecule has 1 aliphatic rings. The highest BCUT2D eigenvalue weighted by Crippen LogP contribution is 2.27. The Balaban J connectivity index is 1.65. The summed E-state index contributed by atoms with van der Waals surface area (Å²) in [6, 6.07) is 10.3. The molecule has 1 aromatic carbocycles. The summed E-state index contributed by atoms with van der Waals surface area (Å²) in [5, 5.41) is 11.7. The number of nitrogens with one attached hydrogen (secondary N) is 1. The van der Waals surface area contributed by atoms with Crippen LogP contribution in [0.5, 0.6) is 11.6 Å². The number of carbonyl (C=O) groups is 2. The van der Waals surface area contributed by atoms with Crippen LogP contribution in [-0.4, -0.2) is 35.2 Å². The zero-order valence-electron chi connectivity index (χ0n) is 13.7. The van der Waals surface area contributed by atoms with Crippen LogP contribution in [0.15, 0.2) is 36.4 Å². The minimum Gasteiger partial charge on any atom is -0.484 e. The van der Waals surface area contributed by atoms with Crippen molar-refractivity contribution in [2.75, 3.05) is 18.5 Å². The number of pyridine rings is 1. The molecule has 2 N–H and O–H groups in total. The lowest BCUT2D eigenvalue weighted by molar-refractivity contribution is -0.141. The van der Waals surface area contributed by atoms with Crippen LogP contribution in [0.25, 0.3) is 0 Å². The number of nitrogens with zero attached hydrogens (tertiary/aromatic N) is 1. The van der Waals surface area contributed by atoms with E-state index in [9.17, 15) is 9.59 Å². The van der Waals surface area contributed by atoms with Gasteiger partial charge in [-0.05, 0) is 36.2 Å². The molecule has 3 rings (SSSR count). The fraction of sp³-hybridized carbons (Fsp3) is 0.278. The van der Waals surface area contributed by atoms with Gasteiger partial charge in [0.15, 0.2) is 5.75 Å². The average molecular weight is 342 g/mol. The van der Waals surface area contributed by atoms with Gasteiger partial charge in [-0.3, -0.25) is 9.59 Å². The van der Waals surface area contributed by atoms with Crippen LogP contribution < -0.4 is 14.8 Å². The maximum atomic E-state index is 12.3. The summed E-state index contributed by atoms with van der Waals surface area (Å²) < 4.78 is 10.7. The molecule has 2 heterocycles. The molecule has 0 radical (unpaired) electrons. The van der Waals surface area contributed by atoms with Crippen molar-refractivity contribution in [3.63, 3.8) is 0 Å². The average Bonchev–Trinajstić information content (AvgIpc) is 2.62. The predicted molar refractivity (Wildman–Crippen MR) is 90.1 cm³/mol. The van der Waals surface area contributed by atoms with Crippen LogP contribution in [0.4, 0.5) is 5.69 Å². The van der Waals surface area contributed by atoms with E-state index in [-0.39, 0.29) is 11.6 Å². The maximum absolute atomic E-state index is 12.3. The Morgan fingerprint density at radius 3 is 2.60 bits per heavy atom. The molecule has 2 aromatic rings. The van der Waals surface area contributed by atoms with Gasteiger partial charge in [-0.15, -0.1) is 0 Å². The second-order valence-electron chi connectivity index (χ2n) is 5.79. The Bertz CT molecular complexity index is 789. The lowest BCUT2D eigenvalue weighted by Gasteiger charge is -2.17. The van der Waals surface area contributed by atoms with Gasteiger partial charge in [-0.25, -0.2) is 4.98 Å². The maximum Gasteiger partial charge on any atom is 0.306 e. The number of aliphatic carboxylic acids is 1. The number of carboxylic acids is 1. The van der Waals surface area contributed by atoms with Gasteiger partial charge in [-0.1, -0.05) is 19.1 Å². The smallest absolute Gasteiger partial charge is 0.306 e. The fourth-order valence-corrected chi connectivity index (χ4v) is 2.42. The van der Waals surface area contributed by atoms with E-state index >= 15 is 0 Å². The Kier molecular flexibility index (Phi) is 4.83. The van der Waals surface area contributed by atoms with Gasteiger partial charge in [0.2, 0.25) is 0 Å². The van der Waals surface area contributed by atoms with Crippen LogP contribution >= 0.6 is 0 Å². The standard InChI is InChI=1S/C18H18N2O5/c1-11(18(22)23)10-12-2-4-13(5-3-12)19-16(21)14-6-7-15-17(20-14)25-9-8-24-15/h2-7,11H,8-10H2,1H3,(H,19,21)(H,22,23). The number of hydrogen-bond acceptors (Lipinski definition) is 5. The van der Waals surface area contributed by atoms with Gasteiger partial charge in [0.05, 0.1) is 5.92 Å². The van der Waals surface area contributed by atoms with Crippen molar-refractivity contribution in [3.8, 4) is 11.6 Å². The van der Waals surface area contributed by atoms with E-state index in [1.54, 1.807) is 43.3 Å². The number of carboxylic acid groups (broad SMARTS) is 1. The molecule has 1 amide bonds. The Hall–Kier alpha value is -3.09. The van der Waals surface area contributed by atoms with Gasteiger partial charge in [0.25, 0.3) is 11.8 Å². The number of amides is 1. The number of aromatic nitrogens is 1. The number of ether oxygens (including phenoxy) is 2. The first-order valence-electron chi connectivity index (χ1n) is 7.92. The third-order valence-electron chi connectivity index (χ3n) is 3.81. The van der Waals surface area contributed by atoms with Gasteiger partial charge < -0.3 is 19.9 Å². The number of fused-ring (bicyclic) bond motifs is 1. The van der Waals surface area contributed by atoms with Crippen LogP contribution in [0.3, 0.4) is 0 Å². The lowest BCUT2D eigenvalue weighted by Crippen LogP contribution is -2.19. The summed E-state index contributed by atoms with van der Waals surface area (Å²) in [6.07, 6.45) is 0.438. The first kappa shape index (κ1) is 16.8. The topological polar surface area (TPSA) is 97.8 Å². The predicted octanol–water partition coefficient (Wildman–Crippen LogP) is 2.37. The lowest BCUT2D eigenvalue weighted by atomic mass is 10.0. The summed E-state index contributed by atoms with van der Waals surface area (Å²) in [6.45, 7) is 2.53. The summed E-state index contributed by atoms with van der Waals surface area (Å²) in [7, 11) is 0. The van der Waals surface area contributed by atoms with E-state index in [0.29, 0.717) is 37.0 Å². The summed E-state index contributed by atoms with van der Waals surface area (Å²) >= 11 is 0. The normalized spacial score (nSPS) is 13.8. The van der Waals surface area contributed by atoms with E-state index in [1.807, 2.05) is 0 Å². The minimum atomic E-state index is -0.831. The zero-order chi connectivity index (χ0) is 17.8. The van der Waals surface area contributed by atoms with Crippen LogP contribution in [-0.2, 0) is 11.2 Å². The van der Waals surface area contributed by atoms with Crippen LogP contribution in [0.1, 0.15) is 23.0 Å². The molecule has 0 fully saturated rings. The van der Waals surface area contributed by atoms with Crippen molar-refractivity contribution in [3.05, 3.63) is 47.7 Å². The van der Waals surface area contributed by atoms with E-state index < -0.39 is 11.9 Å². The van der Waals surface area contributed by atoms with Gasteiger partial charge in [0, 0.05) is 5.69 Å². The van der Waals surface area contributed by atoms with Crippen molar-refractivity contribution in [1.29, 1.82) is 0 Å². The second-order valence-corrected chi connectivity index (χ2v) is 5.79. The molecule has 0 saturated carbocycles. The van der Waals surface area contributed by atoms with Crippen molar-refractivity contribution in [2.45, 2.75) is 13.3 Å². The van der Waals surface area contributed by atoms with Gasteiger partial charge in [0.1, 0.15) is 18.9 Å². The number of benzene rings is 1. The highest BCUT2D eigenvalue weighted by Gasteiger charge is 2.17. The van der Waals surface area contributed by atoms with Gasteiger partial charge >= 0.3 is 5.97 Å². The number of carbonyl (C=O) groups excluding carboxylic acids is 1. The van der Waals surface area contributed by atoms with Crippen molar-refractivity contribution >= 4 is 17.6 Å². The van der Waals surface area contributed by atoms with Crippen molar-refractivity contribution < 1.29 is 24.2 Å². The Labute approximate surface area is 144 Å². The van der Waals surface area contributed by atoms with Crippen LogP contribution in [0.2, 0.25) is 0 Å². The molecule has 25 heavy (non-hydrogen) atoms. The largest absolute Gasteiger partial charge is 0.484 e. The fourth-order valence-electron chi connectivity index (χ4n) is 2.42. The van der Waals surface area contributed by atoms with Crippen LogP contribution in [0, 0.1) is 5.92 Å². The zero-order valence-corrected chi connectivity index (χ0v) is 13.7. The molecule has 7 heteroatoms. The third kappa shape index (κ3) is 4.06. The number of rotatable bonds is 5. The number of hydrogen-bond donors (Lipinski definition) is 2. The molecule has 130 valence electrons. The summed E-state index contributed by atoms with van der Waals surface area (Å²) in [5.41, 5.74) is 1.73. The quantitative estimate of drug-likeness (QED) is 0.866. The molecule has 0 aliphatic carbocycles. The van der Waals surface area contributed by atoms with E-state index in [1.165, 1.54) is 0 Å². The van der Waals surface area contributed by atoms with E-state index in [2.05, 4.69) is 10.3 Å².